The number of hydrogen-bond donors (Lipinski definition) is 4. The molecule has 0 atom stereocenters. The van der Waals surface area contributed by atoms with Crippen LogP contribution in [0.25, 0.3) is 16.5 Å². The maximum Gasteiger partial charge on any atom is 0.407 e. The molecule has 0 aliphatic rings. The lowest BCUT2D eigenvalue weighted by Crippen LogP contribution is -2.32. The Morgan fingerprint density at radius 1 is 0.796 bits per heavy atom. The molecule has 0 unspecified atom stereocenters. The zero-order chi connectivity index (χ0) is 38.5. The number of fused-ring (bicyclic) bond motifs is 1. The average Bonchev–Trinajstić information content (AvgIpc) is 3.55. The molecule has 4 N–H and O–H groups in total. The second-order valence-electron chi connectivity index (χ2n) is 14.9. The number of aromatic nitrogens is 5. The number of nitrogens with one attached hydrogen (secondary N) is 4. The van der Waals surface area contributed by atoms with Crippen LogP contribution in [0, 0.1) is 6.92 Å². The van der Waals surface area contributed by atoms with E-state index >= 15 is 0 Å². The van der Waals surface area contributed by atoms with E-state index in [9.17, 15) is 9.59 Å². The van der Waals surface area contributed by atoms with Gasteiger partial charge in [-0.05, 0) is 69.7 Å². The number of rotatable bonds is 10. The summed E-state index contributed by atoms with van der Waals surface area (Å²) in [5, 5.41) is 18.4. The second kappa shape index (κ2) is 15.6. The third-order valence-corrected chi connectivity index (χ3v) is 8.12. The first-order valence-electron chi connectivity index (χ1n) is 17.6. The first-order valence-corrected chi connectivity index (χ1v) is 17.6. The predicted octanol–water partition coefficient (Wildman–Crippen LogP) is 8.81. The van der Waals surface area contributed by atoms with E-state index in [1.165, 1.54) is 0 Å². The summed E-state index contributed by atoms with van der Waals surface area (Å²) in [4.78, 5) is 38.6. The number of carbonyl (C=O) groups excluding carboxylic acids is 2. The van der Waals surface area contributed by atoms with E-state index in [0.717, 1.165) is 33.3 Å². The van der Waals surface area contributed by atoms with Gasteiger partial charge in [-0.2, -0.15) is 5.10 Å². The van der Waals surface area contributed by atoms with E-state index in [0.29, 0.717) is 34.6 Å². The van der Waals surface area contributed by atoms with E-state index in [1.54, 1.807) is 44.0 Å². The fraction of sp³-hybridized carbons (Fsp3) is 0.268. The standard InChI is InChI=1S/C41H45N9O4/c1-26-12-14-29(15-13-26)50-37(21-34(49-50)40(2,3)4)48-38(51)46-32-16-17-33(31-11-9-8-10-30(31)32)53-25-27-18-19-42-35(20-27)47-36-24-43-28(22-44-36)23-45-39(52)54-41(5,6)7/h8-22,24H,23,25H2,1-7H3,(H,45,52)(H,42,44,47)(H2,46,48,51). The molecule has 3 aromatic carbocycles. The Kier molecular flexibility index (Phi) is 10.8. The SMILES string of the molecule is Cc1ccc(-n2nc(C(C)(C)C)cc2NC(=O)Nc2ccc(OCc3ccnc(Nc4cnc(CNC(=O)OC(C)(C)C)cn4)c3)c3ccccc23)cc1. The third-order valence-electron chi connectivity index (χ3n) is 8.12. The predicted molar refractivity (Wildman–Crippen MR) is 211 cm³/mol. The van der Waals surface area contributed by atoms with Crippen LogP contribution in [0.4, 0.5) is 32.7 Å². The van der Waals surface area contributed by atoms with Gasteiger partial charge in [-0.3, -0.25) is 10.3 Å². The van der Waals surface area contributed by atoms with Crippen molar-refractivity contribution in [2.24, 2.45) is 0 Å². The van der Waals surface area contributed by atoms with Gasteiger partial charge in [0.2, 0.25) is 0 Å². The Balaban J connectivity index is 1.10. The molecule has 0 aliphatic heterocycles. The summed E-state index contributed by atoms with van der Waals surface area (Å²) in [5.41, 5.74) is 4.14. The first kappa shape index (κ1) is 37.3. The summed E-state index contributed by atoms with van der Waals surface area (Å²) in [6.45, 7) is 14.2. The van der Waals surface area contributed by atoms with Gasteiger partial charge in [0.15, 0.2) is 0 Å². The number of urea groups is 1. The Hall–Kier alpha value is -6.50. The number of anilines is 4. The Labute approximate surface area is 314 Å². The van der Waals surface area contributed by atoms with Crippen LogP contribution in [-0.2, 0) is 23.3 Å². The van der Waals surface area contributed by atoms with Crippen LogP contribution in [-0.4, -0.2) is 42.5 Å². The van der Waals surface area contributed by atoms with Gasteiger partial charge in [0.1, 0.15) is 35.4 Å². The van der Waals surface area contributed by atoms with E-state index < -0.39 is 17.7 Å². The summed E-state index contributed by atoms with van der Waals surface area (Å²) in [7, 11) is 0. The number of carbonyl (C=O) groups is 2. The number of pyridine rings is 1. The highest BCUT2D eigenvalue weighted by Crippen LogP contribution is 2.33. The number of ether oxygens (including phenoxy) is 2. The molecule has 6 rings (SSSR count). The van der Waals surface area contributed by atoms with Crippen molar-refractivity contribution < 1.29 is 19.1 Å². The minimum atomic E-state index is -0.585. The van der Waals surface area contributed by atoms with Crippen molar-refractivity contribution in [3.63, 3.8) is 0 Å². The second-order valence-corrected chi connectivity index (χ2v) is 14.9. The number of nitrogens with zero attached hydrogens (tertiary/aromatic N) is 5. The van der Waals surface area contributed by atoms with E-state index in [-0.39, 0.29) is 18.6 Å². The lowest BCUT2D eigenvalue weighted by molar-refractivity contribution is 0.0523. The van der Waals surface area contributed by atoms with E-state index in [4.69, 9.17) is 14.6 Å². The van der Waals surface area contributed by atoms with Gasteiger partial charge >= 0.3 is 12.1 Å². The summed E-state index contributed by atoms with van der Waals surface area (Å²) >= 11 is 0. The average molecular weight is 728 g/mol. The smallest absolute Gasteiger partial charge is 0.407 e. The van der Waals surface area contributed by atoms with Crippen molar-refractivity contribution in [3.05, 3.63) is 120 Å². The van der Waals surface area contributed by atoms with Crippen molar-refractivity contribution in [1.29, 1.82) is 0 Å². The van der Waals surface area contributed by atoms with Crippen LogP contribution in [0.1, 0.15) is 64.1 Å². The van der Waals surface area contributed by atoms with Gasteiger partial charge in [-0.15, -0.1) is 0 Å². The Morgan fingerprint density at radius 3 is 2.26 bits per heavy atom. The maximum atomic E-state index is 13.5. The molecule has 0 spiro atoms. The van der Waals surface area contributed by atoms with Crippen molar-refractivity contribution in [2.45, 2.75) is 72.6 Å². The van der Waals surface area contributed by atoms with Crippen LogP contribution in [0.5, 0.6) is 5.75 Å². The van der Waals surface area contributed by atoms with Gasteiger partial charge in [0, 0.05) is 28.5 Å². The van der Waals surface area contributed by atoms with Gasteiger partial charge < -0.3 is 25.4 Å². The molecule has 278 valence electrons. The molecule has 0 fully saturated rings. The molecule has 3 heterocycles. The number of alkyl carbamates (subject to hydrolysis) is 1. The number of benzene rings is 3. The molecular formula is C41H45N9O4. The van der Waals surface area contributed by atoms with E-state index in [2.05, 4.69) is 57.0 Å². The molecule has 13 heteroatoms. The lowest BCUT2D eigenvalue weighted by atomic mass is 9.92. The van der Waals surface area contributed by atoms with Gasteiger partial charge in [-0.1, -0.05) is 62.7 Å². The molecule has 3 amide bonds. The highest BCUT2D eigenvalue weighted by atomic mass is 16.6. The first-order chi connectivity index (χ1) is 25.7. The maximum absolute atomic E-state index is 13.5. The molecule has 0 saturated carbocycles. The molecule has 3 aromatic heterocycles. The number of hydrogen-bond acceptors (Lipinski definition) is 9. The zero-order valence-corrected chi connectivity index (χ0v) is 31.5. The van der Waals surface area contributed by atoms with Crippen LogP contribution in [0.2, 0.25) is 0 Å². The molecule has 6 aromatic rings. The van der Waals surface area contributed by atoms with Gasteiger partial charge in [-0.25, -0.2) is 24.2 Å². The van der Waals surface area contributed by atoms with Crippen LogP contribution >= 0.6 is 0 Å². The highest BCUT2D eigenvalue weighted by molar-refractivity contribution is 6.07. The Bertz CT molecular complexity index is 2250. The number of aryl methyl sites for hydroxylation is 1. The molecule has 0 radical (unpaired) electrons. The largest absolute Gasteiger partial charge is 0.488 e. The third kappa shape index (κ3) is 9.68. The molecule has 54 heavy (non-hydrogen) atoms. The minimum Gasteiger partial charge on any atom is -0.488 e. The molecular weight excluding hydrogens is 683 g/mol. The fourth-order valence-corrected chi connectivity index (χ4v) is 5.41. The highest BCUT2D eigenvalue weighted by Gasteiger charge is 2.22. The molecule has 0 aliphatic carbocycles. The molecule has 0 bridgehead atoms. The van der Waals surface area contributed by atoms with Crippen molar-refractivity contribution in [3.8, 4) is 11.4 Å². The van der Waals surface area contributed by atoms with Crippen molar-refractivity contribution >= 4 is 46.0 Å². The van der Waals surface area contributed by atoms with Gasteiger partial charge in [0.05, 0.1) is 41.7 Å². The topological polar surface area (TPSA) is 157 Å². The quantitative estimate of drug-likeness (QED) is 0.108. The van der Waals surface area contributed by atoms with E-state index in [1.807, 2.05) is 85.8 Å². The molecule has 0 saturated heterocycles. The Morgan fingerprint density at radius 2 is 1.56 bits per heavy atom. The summed E-state index contributed by atoms with van der Waals surface area (Å²) in [6.07, 6.45) is 4.31. The van der Waals surface area contributed by atoms with Crippen LogP contribution < -0.4 is 26.0 Å². The lowest BCUT2D eigenvalue weighted by Gasteiger charge is -2.19. The van der Waals surface area contributed by atoms with Crippen molar-refractivity contribution in [2.75, 3.05) is 16.0 Å². The van der Waals surface area contributed by atoms with Crippen molar-refractivity contribution in [1.82, 2.24) is 30.0 Å². The fourth-order valence-electron chi connectivity index (χ4n) is 5.41. The normalized spacial score (nSPS) is 11.5. The minimum absolute atomic E-state index is 0.186. The van der Waals surface area contributed by atoms with Gasteiger partial charge in [0.25, 0.3) is 0 Å². The monoisotopic (exact) mass is 727 g/mol. The van der Waals surface area contributed by atoms with Crippen LogP contribution in [0.3, 0.4) is 0 Å². The molecule has 13 nitrogen and oxygen atoms in total. The zero-order valence-electron chi connectivity index (χ0n) is 31.5. The summed E-state index contributed by atoms with van der Waals surface area (Å²) in [5.74, 6) is 2.29. The summed E-state index contributed by atoms with van der Waals surface area (Å²) in [6, 6.07) is 24.7. The summed E-state index contributed by atoms with van der Waals surface area (Å²) < 4.78 is 13.3. The number of amides is 3. The van der Waals surface area contributed by atoms with Crippen LogP contribution in [0.15, 0.2) is 97.5 Å².